The summed E-state index contributed by atoms with van der Waals surface area (Å²) in [6.45, 7) is 0.00619. The maximum absolute atomic E-state index is 14.4. The van der Waals surface area contributed by atoms with Crippen LogP contribution in [0.1, 0.15) is 70.4 Å². The van der Waals surface area contributed by atoms with Crippen molar-refractivity contribution in [1.29, 1.82) is 0 Å². The van der Waals surface area contributed by atoms with E-state index in [1.54, 1.807) is 0 Å². The van der Waals surface area contributed by atoms with Gasteiger partial charge in [-0.1, -0.05) is 0 Å². The third-order valence-corrected chi connectivity index (χ3v) is 11.2. The van der Waals surface area contributed by atoms with Crippen molar-refractivity contribution in [2.45, 2.75) is 60.7 Å². The minimum absolute atomic E-state index is 0.000258. The third kappa shape index (κ3) is 17.9. The molecule has 3 rings (SSSR count). The fourth-order valence-electron chi connectivity index (χ4n) is 5.92. The van der Waals surface area contributed by atoms with Crippen LogP contribution in [0.25, 0.3) is 0 Å². The molecule has 0 radical (unpaired) electrons. The summed E-state index contributed by atoms with van der Waals surface area (Å²) in [7, 11) is 0. The number of anilines is 4. The Morgan fingerprint density at radius 1 is 0.537 bits per heavy atom. The van der Waals surface area contributed by atoms with Crippen LogP contribution in [0.15, 0.2) is 51.2 Å². The van der Waals surface area contributed by atoms with Gasteiger partial charge >= 0.3 is 12.4 Å². The predicted octanol–water partition coefficient (Wildman–Crippen LogP) is 4.46. The van der Waals surface area contributed by atoms with Crippen molar-refractivity contribution < 1.29 is 55.0 Å². The van der Waals surface area contributed by atoms with E-state index in [9.17, 15) is 45.5 Å². The number of thioether (sulfide) groups is 2. The molecule has 0 unspecified atom stereocenters. The predicted molar refractivity (Wildman–Crippen MR) is 249 cm³/mol. The Balaban J connectivity index is 2.22. The normalized spacial score (nSPS) is 11.4. The number of nitrogens with zero attached hydrogens (tertiary/aromatic N) is 1. The summed E-state index contributed by atoms with van der Waals surface area (Å²) >= 11 is 1.88. The maximum atomic E-state index is 14.4. The van der Waals surface area contributed by atoms with Crippen LogP contribution >= 0.6 is 23.5 Å². The first-order valence-electron chi connectivity index (χ1n) is 20.8. The fourth-order valence-corrected chi connectivity index (χ4v) is 7.63. The van der Waals surface area contributed by atoms with Gasteiger partial charge in [-0.25, -0.2) is 0 Å². The second-order valence-electron chi connectivity index (χ2n) is 14.2. The van der Waals surface area contributed by atoms with Gasteiger partial charge in [-0.3, -0.25) is 24.2 Å². The molecule has 26 heteroatoms. The Morgan fingerprint density at radius 3 is 1.30 bits per heavy atom. The van der Waals surface area contributed by atoms with Crippen LogP contribution in [-0.4, -0.2) is 93.6 Å². The molecule has 0 saturated carbocycles. The van der Waals surface area contributed by atoms with Crippen molar-refractivity contribution in [3.8, 4) is 11.5 Å². The lowest BCUT2D eigenvalue weighted by Crippen LogP contribution is -2.23. The van der Waals surface area contributed by atoms with E-state index in [4.69, 9.17) is 49.6 Å². The van der Waals surface area contributed by atoms with Crippen LogP contribution in [0.3, 0.4) is 0 Å². The van der Waals surface area contributed by atoms with E-state index in [0.717, 1.165) is 41.7 Å². The molecule has 0 aliphatic heterocycles. The van der Waals surface area contributed by atoms with Crippen molar-refractivity contribution in [2.24, 2.45) is 45.1 Å². The van der Waals surface area contributed by atoms with Gasteiger partial charge in [-0.2, -0.15) is 26.3 Å². The van der Waals surface area contributed by atoms with Crippen molar-refractivity contribution in [3.63, 3.8) is 0 Å². The highest BCUT2D eigenvalue weighted by molar-refractivity contribution is 7.99. The van der Waals surface area contributed by atoms with Gasteiger partial charge in [0.2, 0.25) is 11.8 Å². The van der Waals surface area contributed by atoms with E-state index in [1.807, 2.05) is 0 Å². The van der Waals surface area contributed by atoms with Gasteiger partial charge in [-0.05, 0) is 62.6 Å². The van der Waals surface area contributed by atoms with Gasteiger partial charge < -0.3 is 70.9 Å². The van der Waals surface area contributed by atoms with E-state index >= 15 is 0 Å². The second-order valence-corrected chi connectivity index (χ2v) is 16.4. The van der Waals surface area contributed by atoms with Crippen LogP contribution in [0, 0.1) is 0 Å². The van der Waals surface area contributed by atoms with Gasteiger partial charge in [0.15, 0.2) is 5.96 Å². The van der Waals surface area contributed by atoms with Crippen LogP contribution in [-0.2, 0) is 21.9 Å². The van der Waals surface area contributed by atoms with E-state index in [2.05, 4.69) is 26.3 Å². The summed E-state index contributed by atoms with van der Waals surface area (Å²) in [5.74, 6) is -3.93. The average Bonchev–Trinajstić information content (AvgIpc) is 3.25. The number of nitrogens with one attached hydrogen (secondary N) is 4. The first kappa shape index (κ1) is 55.8. The number of ether oxygens (including phenoxy) is 2. The lowest BCUT2D eigenvalue weighted by atomic mass is 10.1. The second kappa shape index (κ2) is 27.3. The summed E-state index contributed by atoms with van der Waals surface area (Å²) < 4.78 is 97.8. The lowest BCUT2D eigenvalue weighted by Gasteiger charge is -2.21. The topological polar surface area (TPSA) is 329 Å². The molecular formula is C41H56F6N12O6S2. The molecule has 0 fully saturated rings. The zero-order valence-corrected chi connectivity index (χ0v) is 37.9. The standard InChI is InChI=1S/C41H56F6N12O6S2/c42-40(43,44)23-17-27(56-33(60)5-1-3-7-48)35(66-15-10-51)29(19-23)58-37(62)25-21-26(32(65-14-9-50)22-31(25)64-13-8-49)38(63)59-30-20-24(41(45,46)47)18-28(36(30)67-16-11-52)57-34(61)6-2-4-12-55-39(53)54/h17-22H,1-16,48-52H2,(H,56,60)(H,57,61)(H,58,62)(H,59,63)(H4,53,54,55). The number of amides is 4. The van der Waals surface area contributed by atoms with Crippen LogP contribution in [0.4, 0.5) is 49.1 Å². The van der Waals surface area contributed by atoms with E-state index in [-0.39, 0.29) is 122 Å². The number of unbranched alkanes of at least 4 members (excludes halogenated alkanes) is 2. The van der Waals surface area contributed by atoms with E-state index in [1.165, 1.54) is 0 Å². The highest BCUT2D eigenvalue weighted by Crippen LogP contribution is 2.44. The van der Waals surface area contributed by atoms with Crippen LogP contribution in [0.5, 0.6) is 11.5 Å². The number of halogens is 6. The molecule has 18 N–H and O–H groups in total. The minimum atomic E-state index is -4.98. The van der Waals surface area contributed by atoms with E-state index < -0.39 is 69.6 Å². The maximum Gasteiger partial charge on any atom is 0.416 e. The number of guanidine groups is 1. The quantitative estimate of drug-likeness (QED) is 0.0165. The highest BCUT2D eigenvalue weighted by atomic mass is 32.2. The number of carbonyl (C=O) groups excluding carboxylic acids is 4. The molecule has 370 valence electrons. The molecule has 0 saturated heterocycles. The first-order chi connectivity index (χ1) is 31.8. The molecule has 0 aliphatic rings. The number of hydrogen-bond donors (Lipinski definition) is 11. The molecule has 0 aromatic heterocycles. The highest BCUT2D eigenvalue weighted by Gasteiger charge is 2.35. The van der Waals surface area contributed by atoms with Gasteiger partial charge in [0.25, 0.3) is 11.8 Å². The average molecular weight is 991 g/mol. The number of nitrogens with two attached hydrogens (primary N) is 7. The molecule has 0 aliphatic carbocycles. The summed E-state index contributed by atoms with van der Waals surface area (Å²) in [6.07, 6.45) is -8.62. The summed E-state index contributed by atoms with van der Waals surface area (Å²) in [5.41, 5.74) is 34.2. The van der Waals surface area contributed by atoms with Crippen molar-refractivity contribution in [2.75, 3.05) is 85.3 Å². The zero-order chi connectivity index (χ0) is 49.7. The molecule has 3 aromatic carbocycles. The molecule has 0 spiro atoms. The smallest absolute Gasteiger partial charge is 0.416 e. The van der Waals surface area contributed by atoms with Crippen molar-refractivity contribution in [3.05, 3.63) is 58.7 Å². The minimum Gasteiger partial charge on any atom is -0.491 e. The van der Waals surface area contributed by atoms with Gasteiger partial charge in [0.05, 0.1) is 54.8 Å². The number of aliphatic imine (C=N–C) groups is 1. The number of carbonyl (C=O) groups is 4. The van der Waals surface area contributed by atoms with Gasteiger partial charge in [-0.15, -0.1) is 23.5 Å². The molecule has 0 heterocycles. The molecule has 4 amide bonds. The Bertz CT molecular complexity index is 2200. The van der Waals surface area contributed by atoms with Gasteiger partial charge in [0.1, 0.15) is 24.7 Å². The Hall–Kier alpha value is -5.51. The summed E-state index contributed by atoms with van der Waals surface area (Å²) in [4.78, 5) is 58.4. The molecule has 0 bridgehead atoms. The Morgan fingerprint density at radius 2 is 0.940 bits per heavy atom. The first-order valence-corrected chi connectivity index (χ1v) is 22.7. The summed E-state index contributed by atoms with van der Waals surface area (Å²) in [5, 5.41) is 9.88. The molecule has 0 atom stereocenters. The van der Waals surface area contributed by atoms with E-state index in [0.29, 0.717) is 37.5 Å². The zero-order valence-electron chi connectivity index (χ0n) is 36.3. The van der Waals surface area contributed by atoms with Crippen LogP contribution in [0.2, 0.25) is 0 Å². The van der Waals surface area contributed by atoms with Crippen molar-refractivity contribution >= 4 is 75.9 Å². The molecular weight excluding hydrogens is 935 g/mol. The van der Waals surface area contributed by atoms with Crippen molar-refractivity contribution in [1.82, 2.24) is 0 Å². The number of rotatable bonds is 27. The number of hydrogen-bond acceptors (Lipinski definition) is 14. The Kier molecular flexibility index (Phi) is 22.8. The third-order valence-electron chi connectivity index (χ3n) is 8.89. The largest absolute Gasteiger partial charge is 0.491 e. The fraction of sp³-hybridized carbons (Fsp3) is 0.439. The monoisotopic (exact) mass is 990 g/mol. The number of alkyl halides is 6. The SMILES string of the molecule is NCCCCC(=O)Nc1cc(C(F)(F)F)cc(NC(=O)c2cc(C(=O)Nc3cc(C(F)(F)F)cc(NC(=O)CCCCN=C(N)N)c3SCCN)c(OCCN)cc2OCCN)c1SCCN. The Labute approximate surface area is 391 Å². The van der Waals surface area contributed by atoms with Gasteiger partial charge in [0, 0.05) is 63.1 Å². The molecule has 67 heavy (non-hydrogen) atoms. The lowest BCUT2D eigenvalue weighted by molar-refractivity contribution is -0.138. The summed E-state index contributed by atoms with van der Waals surface area (Å²) in [6, 6.07) is 4.82. The number of benzene rings is 3. The molecule has 18 nitrogen and oxygen atoms in total. The molecule has 3 aromatic rings. The van der Waals surface area contributed by atoms with Crippen LogP contribution < -0.4 is 70.9 Å².